The van der Waals surface area contributed by atoms with E-state index in [1.54, 1.807) is 51.8 Å². The molecule has 0 saturated carbocycles. The number of thiophene rings is 1. The molecule has 3 aromatic rings. The Bertz CT molecular complexity index is 701. The molecule has 1 N–H and O–H groups in total. The Hall–Kier alpha value is -1.22. The Kier molecular flexibility index (Phi) is 5.02. The van der Waals surface area contributed by atoms with Crippen molar-refractivity contribution in [3.8, 4) is 10.6 Å². The first-order chi connectivity index (χ1) is 10.3. The van der Waals surface area contributed by atoms with Gasteiger partial charge in [-0.2, -0.15) is 11.3 Å². The molecular weight excluding hydrogens is 340 g/mol. The summed E-state index contributed by atoms with van der Waals surface area (Å²) < 4.78 is 0.951. The van der Waals surface area contributed by atoms with Crippen LogP contribution in [-0.2, 0) is 5.75 Å². The fourth-order valence-corrected chi connectivity index (χ4v) is 4.82. The second-order valence-electron chi connectivity index (χ2n) is 3.99. The molecule has 0 radical (unpaired) electrons. The lowest BCUT2D eigenvalue weighted by atomic mass is 10.4. The normalized spacial score (nSPS) is 10.7. The van der Waals surface area contributed by atoms with E-state index in [0.717, 1.165) is 25.9 Å². The summed E-state index contributed by atoms with van der Waals surface area (Å²) in [5.41, 5.74) is 2.29. The van der Waals surface area contributed by atoms with Crippen LogP contribution in [0.3, 0.4) is 0 Å². The molecule has 4 nitrogen and oxygen atoms in total. The second-order valence-corrected chi connectivity index (χ2v) is 7.83. The fraction of sp³-hybridized carbons (Fsp3) is 0.154. The SMILES string of the molecule is C=CCNc1nnc(SCc2csc(-c3ccsc3)n2)s1. The Labute approximate surface area is 139 Å². The van der Waals surface area contributed by atoms with Crippen molar-refractivity contribution in [2.24, 2.45) is 0 Å². The maximum atomic E-state index is 4.66. The average Bonchev–Trinajstić information content (AvgIpc) is 3.22. The van der Waals surface area contributed by atoms with Gasteiger partial charge in [0, 0.05) is 28.6 Å². The standard InChI is InChI=1S/C13H12N4S4/c1-2-4-14-12-16-17-13(21-12)20-8-10-7-19-11(15-10)9-3-5-18-6-9/h2-3,5-7H,1,4,8H2,(H,14,16). The minimum Gasteiger partial charge on any atom is -0.357 e. The summed E-state index contributed by atoms with van der Waals surface area (Å²) in [5.74, 6) is 0.816. The van der Waals surface area contributed by atoms with Gasteiger partial charge in [0.05, 0.1) is 5.69 Å². The molecular formula is C13H12N4S4. The van der Waals surface area contributed by atoms with Crippen LogP contribution in [0, 0.1) is 0 Å². The predicted octanol–water partition coefficient (Wildman–Crippen LogP) is 4.61. The van der Waals surface area contributed by atoms with Crippen molar-refractivity contribution in [3.63, 3.8) is 0 Å². The van der Waals surface area contributed by atoms with Gasteiger partial charge < -0.3 is 5.32 Å². The molecule has 0 fully saturated rings. The molecule has 0 aliphatic carbocycles. The van der Waals surface area contributed by atoms with Crippen LogP contribution in [0.1, 0.15) is 5.69 Å². The monoisotopic (exact) mass is 352 g/mol. The van der Waals surface area contributed by atoms with E-state index in [9.17, 15) is 0 Å². The molecule has 0 aliphatic rings. The Morgan fingerprint density at radius 1 is 1.33 bits per heavy atom. The van der Waals surface area contributed by atoms with Crippen LogP contribution in [0.5, 0.6) is 0 Å². The smallest absolute Gasteiger partial charge is 0.206 e. The van der Waals surface area contributed by atoms with Crippen molar-refractivity contribution in [2.75, 3.05) is 11.9 Å². The summed E-state index contributed by atoms with van der Waals surface area (Å²) in [4.78, 5) is 4.66. The van der Waals surface area contributed by atoms with Gasteiger partial charge in [-0.1, -0.05) is 29.2 Å². The fourth-order valence-electron chi connectivity index (χ4n) is 1.53. The van der Waals surface area contributed by atoms with E-state index in [-0.39, 0.29) is 0 Å². The summed E-state index contributed by atoms with van der Waals surface area (Å²) in [6.45, 7) is 4.37. The van der Waals surface area contributed by atoms with Gasteiger partial charge in [0.15, 0.2) is 4.34 Å². The van der Waals surface area contributed by atoms with Crippen LogP contribution in [0.4, 0.5) is 5.13 Å². The van der Waals surface area contributed by atoms with E-state index in [4.69, 9.17) is 0 Å². The third-order valence-electron chi connectivity index (χ3n) is 2.47. The molecule has 0 unspecified atom stereocenters. The lowest BCUT2D eigenvalue weighted by Crippen LogP contribution is -1.96. The molecule has 0 saturated heterocycles. The predicted molar refractivity (Wildman–Crippen MR) is 93.6 cm³/mol. The largest absolute Gasteiger partial charge is 0.357 e. The highest BCUT2D eigenvalue weighted by Crippen LogP contribution is 2.31. The van der Waals surface area contributed by atoms with Crippen molar-refractivity contribution < 1.29 is 0 Å². The van der Waals surface area contributed by atoms with Crippen molar-refractivity contribution >= 4 is 50.9 Å². The Morgan fingerprint density at radius 2 is 2.29 bits per heavy atom. The van der Waals surface area contributed by atoms with Gasteiger partial charge in [-0.3, -0.25) is 0 Å². The number of hydrogen-bond donors (Lipinski definition) is 1. The van der Waals surface area contributed by atoms with Crippen LogP contribution in [0.2, 0.25) is 0 Å². The minimum atomic E-state index is 0.704. The van der Waals surface area contributed by atoms with Crippen LogP contribution >= 0.6 is 45.8 Å². The number of aromatic nitrogens is 3. The topological polar surface area (TPSA) is 50.7 Å². The zero-order chi connectivity index (χ0) is 14.5. The molecule has 0 aliphatic heterocycles. The molecule has 0 amide bonds. The molecule has 0 bridgehead atoms. The van der Waals surface area contributed by atoms with E-state index in [1.165, 1.54) is 5.56 Å². The lowest BCUT2D eigenvalue weighted by molar-refractivity contribution is 1.01. The van der Waals surface area contributed by atoms with Crippen molar-refractivity contribution in [1.29, 1.82) is 0 Å². The molecule has 0 atom stereocenters. The van der Waals surface area contributed by atoms with Crippen molar-refractivity contribution in [3.05, 3.63) is 40.6 Å². The number of rotatable bonds is 7. The number of thiazole rings is 1. The molecule has 3 heterocycles. The number of nitrogens with one attached hydrogen (secondary N) is 1. The quantitative estimate of drug-likeness (QED) is 0.497. The highest BCUT2D eigenvalue weighted by molar-refractivity contribution is 8.00. The van der Waals surface area contributed by atoms with Gasteiger partial charge >= 0.3 is 0 Å². The lowest BCUT2D eigenvalue weighted by Gasteiger charge is -1.94. The van der Waals surface area contributed by atoms with Gasteiger partial charge in [0.1, 0.15) is 5.01 Å². The van der Waals surface area contributed by atoms with Crippen molar-refractivity contribution in [1.82, 2.24) is 15.2 Å². The Morgan fingerprint density at radius 3 is 3.10 bits per heavy atom. The Balaban J connectivity index is 1.57. The van der Waals surface area contributed by atoms with E-state index in [1.807, 2.05) is 0 Å². The molecule has 21 heavy (non-hydrogen) atoms. The second kappa shape index (κ2) is 7.17. The average molecular weight is 353 g/mol. The summed E-state index contributed by atoms with van der Waals surface area (Å²) in [6, 6.07) is 2.10. The highest BCUT2D eigenvalue weighted by Gasteiger charge is 2.08. The minimum absolute atomic E-state index is 0.704. The van der Waals surface area contributed by atoms with Gasteiger partial charge in [0.2, 0.25) is 5.13 Å². The number of anilines is 1. The van der Waals surface area contributed by atoms with Gasteiger partial charge in [-0.25, -0.2) is 4.98 Å². The summed E-state index contributed by atoms with van der Waals surface area (Å²) in [7, 11) is 0. The number of nitrogens with zero attached hydrogens (tertiary/aromatic N) is 3. The van der Waals surface area contributed by atoms with Gasteiger partial charge in [-0.15, -0.1) is 28.1 Å². The molecule has 0 aromatic carbocycles. The number of thioether (sulfide) groups is 1. The van der Waals surface area contributed by atoms with Gasteiger partial charge in [-0.05, 0) is 11.4 Å². The zero-order valence-electron chi connectivity index (χ0n) is 11.0. The summed E-state index contributed by atoms with van der Waals surface area (Å²) >= 11 is 6.60. The van der Waals surface area contributed by atoms with Crippen molar-refractivity contribution in [2.45, 2.75) is 10.1 Å². The zero-order valence-corrected chi connectivity index (χ0v) is 14.2. The first-order valence-corrected chi connectivity index (χ1v) is 9.75. The van der Waals surface area contributed by atoms with E-state index < -0.39 is 0 Å². The third-order valence-corrected chi connectivity index (χ3v) is 6.14. The molecule has 3 rings (SSSR count). The summed E-state index contributed by atoms with van der Waals surface area (Å²) in [5, 5.41) is 19.6. The van der Waals surface area contributed by atoms with Crippen LogP contribution in [-0.4, -0.2) is 21.7 Å². The summed E-state index contributed by atoms with van der Waals surface area (Å²) in [6.07, 6.45) is 1.80. The first-order valence-electron chi connectivity index (χ1n) is 6.13. The molecule has 0 spiro atoms. The van der Waals surface area contributed by atoms with E-state index in [0.29, 0.717) is 6.54 Å². The van der Waals surface area contributed by atoms with E-state index >= 15 is 0 Å². The van der Waals surface area contributed by atoms with E-state index in [2.05, 4.69) is 49.3 Å². The molecule has 3 aromatic heterocycles. The van der Waals surface area contributed by atoms with Crippen LogP contribution in [0.15, 0.2) is 39.2 Å². The number of hydrogen-bond acceptors (Lipinski definition) is 8. The maximum Gasteiger partial charge on any atom is 0.206 e. The first kappa shape index (κ1) is 14.7. The molecule has 8 heteroatoms. The maximum absolute atomic E-state index is 4.66. The van der Waals surface area contributed by atoms with Crippen LogP contribution < -0.4 is 5.32 Å². The third kappa shape index (κ3) is 3.91. The van der Waals surface area contributed by atoms with Crippen LogP contribution in [0.25, 0.3) is 10.6 Å². The molecule has 108 valence electrons. The van der Waals surface area contributed by atoms with Gasteiger partial charge in [0.25, 0.3) is 0 Å². The highest BCUT2D eigenvalue weighted by atomic mass is 32.2.